The topological polar surface area (TPSA) is 54.0 Å². The Bertz CT molecular complexity index is 708. The Morgan fingerprint density at radius 1 is 0.885 bits per heavy atom. The van der Waals surface area contributed by atoms with Crippen LogP contribution in [0, 0.1) is 0 Å². The summed E-state index contributed by atoms with van der Waals surface area (Å²) in [6.45, 7) is 4.05. The van der Waals surface area contributed by atoms with Crippen LogP contribution < -0.4 is 14.8 Å². The molecule has 6 nitrogen and oxygen atoms in total. The van der Waals surface area contributed by atoms with E-state index in [1.54, 1.807) is 14.2 Å². The molecule has 0 spiro atoms. The van der Waals surface area contributed by atoms with E-state index in [1.807, 2.05) is 41.3 Å². The van der Waals surface area contributed by atoms with Gasteiger partial charge in [-0.25, -0.2) is 4.79 Å². The Morgan fingerprint density at radius 3 is 1.96 bits per heavy atom. The summed E-state index contributed by atoms with van der Waals surface area (Å²) in [5.41, 5.74) is 2.03. The van der Waals surface area contributed by atoms with Crippen LogP contribution in [0.5, 0.6) is 11.5 Å². The smallest absolute Gasteiger partial charge is 0.321 e. The molecule has 2 aromatic carbocycles. The van der Waals surface area contributed by atoms with Crippen LogP contribution in [-0.2, 0) is 6.54 Å². The van der Waals surface area contributed by atoms with Crippen molar-refractivity contribution in [3.05, 3.63) is 54.1 Å². The monoisotopic (exact) mass is 355 g/mol. The first kappa shape index (κ1) is 18.1. The normalized spacial score (nSPS) is 14.8. The molecular formula is C20H25N3O3. The van der Waals surface area contributed by atoms with Gasteiger partial charge in [0.25, 0.3) is 0 Å². The minimum absolute atomic E-state index is 0.0562. The van der Waals surface area contributed by atoms with Crippen molar-refractivity contribution in [2.45, 2.75) is 6.54 Å². The van der Waals surface area contributed by atoms with Gasteiger partial charge in [0.05, 0.1) is 14.2 Å². The lowest BCUT2D eigenvalue weighted by Gasteiger charge is -2.34. The number of methoxy groups -OCH3 is 2. The van der Waals surface area contributed by atoms with E-state index in [0.717, 1.165) is 49.9 Å². The van der Waals surface area contributed by atoms with Gasteiger partial charge >= 0.3 is 6.03 Å². The largest absolute Gasteiger partial charge is 0.497 e. The van der Waals surface area contributed by atoms with Crippen molar-refractivity contribution < 1.29 is 14.3 Å². The number of hydrogen-bond donors (Lipinski definition) is 1. The first-order chi connectivity index (χ1) is 12.7. The number of rotatable bonds is 5. The van der Waals surface area contributed by atoms with Crippen molar-refractivity contribution in [1.82, 2.24) is 9.80 Å². The number of hydrogen-bond acceptors (Lipinski definition) is 4. The number of ether oxygens (including phenoxy) is 2. The van der Waals surface area contributed by atoms with Crippen LogP contribution in [0.3, 0.4) is 0 Å². The van der Waals surface area contributed by atoms with Crippen LogP contribution in [0.25, 0.3) is 0 Å². The van der Waals surface area contributed by atoms with Gasteiger partial charge in [0.2, 0.25) is 0 Å². The van der Waals surface area contributed by atoms with Crippen molar-refractivity contribution in [2.24, 2.45) is 0 Å². The van der Waals surface area contributed by atoms with Gasteiger partial charge in [0.1, 0.15) is 11.5 Å². The highest BCUT2D eigenvalue weighted by molar-refractivity contribution is 5.89. The van der Waals surface area contributed by atoms with Gasteiger partial charge in [-0.15, -0.1) is 0 Å². The molecule has 0 bridgehead atoms. The maximum Gasteiger partial charge on any atom is 0.321 e. The summed E-state index contributed by atoms with van der Waals surface area (Å²) in [5, 5.41) is 2.94. The molecule has 1 aliphatic rings. The number of urea groups is 1. The number of nitrogens with zero attached hydrogens (tertiary/aromatic N) is 2. The fourth-order valence-electron chi connectivity index (χ4n) is 2.98. The average molecular weight is 355 g/mol. The van der Waals surface area contributed by atoms with Crippen molar-refractivity contribution >= 4 is 11.7 Å². The molecule has 1 N–H and O–H groups in total. The Balaban J connectivity index is 1.46. The van der Waals surface area contributed by atoms with Crippen molar-refractivity contribution in [3.8, 4) is 11.5 Å². The first-order valence-corrected chi connectivity index (χ1v) is 8.73. The van der Waals surface area contributed by atoms with Gasteiger partial charge < -0.3 is 19.7 Å². The Hall–Kier alpha value is -2.73. The molecule has 0 atom stereocenters. The standard InChI is InChI=1S/C20H25N3O3/c1-25-18-7-3-16(4-8-18)15-22-11-13-23(14-12-22)20(24)21-17-5-9-19(26-2)10-6-17/h3-10H,11-15H2,1-2H3,(H,21,24). The summed E-state index contributed by atoms with van der Waals surface area (Å²) in [6, 6.07) is 15.4. The Kier molecular flexibility index (Phi) is 5.96. The van der Waals surface area contributed by atoms with E-state index in [2.05, 4.69) is 22.3 Å². The van der Waals surface area contributed by atoms with Gasteiger partial charge in [0.15, 0.2) is 0 Å². The zero-order chi connectivity index (χ0) is 18.4. The number of carbonyl (C=O) groups is 1. The molecule has 1 saturated heterocycles. The average Bonchev–Trinajstić information content (AvgIpc) is 2.69. The predicted molar refractivity (Wildman–Crippen MR) is 102 cm³/mol. The van der Waals surface area contributed by atoms with Crippen LogP contribution in [0.2, 0.25) is 0 Å². The maximum atomic E-state index is 12.4. The quantitative estimate of drug-likeness (QED) is 0.896. The lowest BCUT2D eigenvalue weighted by molar-refractivity contribution is 0.143. The fraction of sp³-hybridized carbons (Fsp3) is 0.350. The van der Waals surface area contributed by atoms with Crippen molar-refractivity contribution in [3.63, 3.8) is 0 Å². The van der Waals surface area contributed by atoms with E-state index in [4.69, 9.17) is 9.47 Å². The molecule has 26 heavy (non-hydrogen) atoms. The summed E-state index contributed by atoms with van der Waals surface area (Å²) in [4.78, 5) is 16.6. The summed E-state index contributed by atoms with van der Waals surface area (Å²) < 4.78 is 10.3. The lowest BCUT2D eigenvalue weighted by atomic mass is 10.2. The summed E-state index contributed by atoms with van der Waals surface area (Å²) in [6.07, 6.45) is 0. The van der Waals surface area contributed by atoms with Crippen molar-refractivity contribution in [1.29, 1.82) is 0 Å². The third kappa shape index (κ3) is 4.67. The van der Waals surface area contributed by atoms with E-state index in [1.165, 1.54) is 5.56 Å². The second-order valence-electron chi connectivity index (χ2n) is 6.27. The predicted octanol–water partition coefficient (Wildman–Crippen LogP) is 3.05. The molecule has 0 radical (unpaired) electrons. The van der Waals surface area contributed by atoms with E-state index in [-0.39, 0.29) is 6.03 Å². The molecule has 3 rings (SSSR count). The van der Waals surface area contributed by atoms with Gasteiger partial charge in [-0.1, -0.05) is 12.1 Å². The third-order valence-electron chi connectivity index (χ3n) is 4.57. The SMILES string of the molecule is COc1ccc(CN2CCN(C(=O)Nc3ccc(OC)cc3)CC2)cc1. The second kappa shape index (κ2) is 8.58. The van der Waals surface area contributed by atoms with Gasteiger partial charge in [-0.2, -0.15) is 0 Å². The molecule has 0 aromatic heterocycles. The van der Waals surface area contributed by atoms with E-state index < -0.39 is 0 Å². The highest BCUT2D eigenvalue weighted by Gasteiger charge is 2.21. The molecular weight excluding hydrogens is 330 g/mol. The number of nitrogens with one attached hydrogen (secondary N) is 1. The number of anilines is 1. The van der Waals surface area contributed by atoms with Crippen LogP contribution in [0.4, 0.5) is 10.5 Å². The maximum absolute atomic E-state index is 12.4. The Morgan fingerprint density at radius 2 is 1.42 bits per heavy atom. The second-order valence-corrected chi connectivity index (χ2v) is 6.27. The summed E-state index contributed by atoms with van der Waals surface area (Å²) in [7, 11) is 3.30. The van der Waals surface area contributed by atoms with E-state index >= 15 is 0 Å². The zero-order valence-corrected chi connectivity index (χ0v) is 15.3. The molecule has 2 aromatic rings. The third-order valence-corrected chi connectivity index (χ3v) is 4.57. The number of amides is 2. The molecule has 0 saturated carbocycles. The highest BCUT2D eigenvalue weighted by atomic mass is 16.5. The molecule has 0 aliphatic carbocycles. The molecule has 1 heterocycles. The van der Waals surface area contributed by atoms with Gasteiger partial charge in [0, 0.05) is 38.4 Å². The Labute approximate surface area is 154 Å². The van der Waals surface area contributed by atoms with Gasteiger partial charge in [-0.3, -0.25) is 4.90 Å². The molecule has 2 amide bonds. The molecule has 6 heteroatoms. The molecule has 0 unspecified atom stereocenters. The molecule has 1 fully saturated rings. The number of piperazine rings is 1. The zero-order valence-electron chi connectivity index (χ0n) is 15.3. The first-order valence-electron chi connectivity index (χ1n) is 8.73. The highest BCUT2D eigenvalue weighted by Crippen LogP contribution is 2.17. The van der Waals surface area contributed by atoms with Crippen LogP contribution in [0.1, 0.15) is 5.56 Å². The number of benzene rings is 2. The van der Waals surface area contributed by atoms with Crippen LogP contribution >= 0.6 is 0 Å². The summed E-state index contributed by atoms with van der Waals surface area (Å²) in [5.74, 6) is 1.64. The van der Waals surface area contributed by atoms with Crippen LogP contribution in [-0.4, -0.2) is 56.2 Å². The summed E-state index contributed by atoms with van der Waals surface area (Å²) >= 11 is 0. The van der Waals surface area contributed by atoms with Crippen molar-refractivity contribution in [2.75, 3.05) is 45.7 Å². The molecule has 1 aliphatic heterocycles. The fourth-order valence-corrected chi connectivity index (χ4v) is 2.98. The molecule has 138 valence electrons. The number of carbonyl (C=O) groups excluding carboxylic acids is 1. The van der Waals surface area contributed by atoms with E-state index in [9.17, 15) is 4.79 Å². The minimum Gasteiger partial charge on any atom is -0.497 e. The lowest BCUT2D eigenvalue weighted by Crippen LogP contribution is -2.49. The van der Waals surface area contributed by atoms with Crippen LogP contribution in [0.15, 0.2) is 48.5 Å². The van der Waals surface area contributed by atoms with Gasteiger partial charge in [-0.05, 0) is 42.0 Å². The minimum atomic E-state index is -0.0562. The van der Waals surface area contributed by atoms with E-state index in [0.29, 0.717) is 0 Å².